The molecule has 0 saturated carbocycles. The summed E-state index contributed by atoms with van der Waals surface area (Å²) in [5, 5.41) is 13.8. The molecule has 7 nitrogen and oxygen atoms in total. The van der Waals surface area contributed by atoms with E-state index in [9.17, 15) is 14.4 Å². The molecule has 0 aromatic carbocycles. The number of carboxylic acid groups (broad SMARTS) is 1. The monoisotopic (exact) mass is 288 g/mol. The van der Waals surface area contributed by atoms with E-state index in [-0.39, 0.29) is 6.42 Å². The molecule has 0 bridgehead atoms. The number of carboxylic acids is 1. The fraction of sp³-hybridized carbons (Fsp3) is 0.769. The van der Waals surface area contributed by atoms with Gasteiger partial charge in [0.25, 0.3) is 0 Å². The molecule has 20 heavy (non-hydrogen) atoms. The van der Waals surface area contributed by atoms with Crippen LogP contribution in [0.15, 0.2) is 0 Å². The van der Waals surface area contributed by atoms with Crippen LogP contribution in [0.5, 0.6) is 0 Å². The first-order valence-electron chi connectivity index (χ1n) is 6.33. The molecule has 0 fully saturated rings. The van der Waals surface area contributed by atoms with E-state index in [4.69, 9.17) is 9.84 Å². The molecule has 0 rings (SSSR count). The fourth-order valence-electron chi connectivity index (χ4n) is 1.30. The summed E-state index contributed by atoms with van der Waals surface area (Å²) >= 11 is 0. The zero-order chi connectivity index (χ0) is 16.1. The molecule has 116 valence electrons. The summed E-state index contributed by atoms with van der Waals surface area (Å²) in [6, 6.07) is -1.33. The molecule has 0 saturated heterocycles. The van der Waals surface area contributed by atoms with E-state index in [1.807, 2.05) is 0 Å². The van der Waals surface area contributed by atoms with E-state index >= 15 is 0 Å². The number of hydrogen-bond acceptors (Lipinski definition) is 4. The topological polar surface area (TPSA) is 105 Å². The Bertz CT molecular complexity index is 349. The largest absolute Gasteiger partial charge is 0.480 e. The maximum absolute atomic E-state index is 11.7. The molecule has 0 aliphatic heterocycles. The Morgan fingerprint density at radius 1 is 1.10 bits per heavy atom. The van der Waals surface area contributed by atoms with Crippen molar-refractivity contribution in [2.75, 3.05) is 0 Å². The van der Waals surface area contributed by atoms with Gasteiger partial charge in [-0.15, -0.1) is 0 Å². The van der Waals surface area contributed by atoms with Gasteiger partial charge in [-0.1, -0.05) is 0 Å². The average molecular weight is 288 g/mol. The Morgan fingerprint density at radius 3 is 1.95 bits per heavy atom. The van der Waals surface area contributed by atoms with Gasteiger partial charge < -0.3 is 20.5 Å². The normalized spacial score (nSPS) is 13.3. The van der Waals surface area contributed by atoms with Crippen LogP contribution in [0.25, 0.3) is 0 Å². The number of rotatable bonds is 4. The first-order valence-corrected chi connectivity index (χ1v) is 6.33. The minimum atomic E-state index is -1.33. The molecule has 0 heterocycles. The number of aliphatic carboxylic acids is 1. The van der Waals surface area contributed by atoms with Gasteiger partial charge in [-0.2, -0.15) is 0 Å². The van der Waals surface area contributed by atoms with E-state index in [2.05, 4.69) is 10.6 Å². The number of alkyl carbamates (subject to hydrolysis) is 1. The van der Waals surface area contributed by atoms with Crippen LogP contribution in [0.2, 0.25) is 0 Å². The standard InChI is InChI=1S/C13H24N2O5/c1-12(2,3)15-9(16)7-8(10(17)18)14-11(19)20-13(4,5)6/h8H,7H2,1-6H3,(H,14,19)(H,15,16)(H,17,18)/t8-/m0/s1. The van der Waals surface area contributed by atoms with Crippen molar-refractivity contribution < 1.29 is 24.2 Å². The van der Waals surface area contributed by atoms with Gasteiger partial charge in [-0.25, -0.2) is 9.59 Å². The molecule has 0 unspecified atom stereocenters. The third kappa shape index (κ3) is 9.18. The van der Waals surface area contributed by atoms with E-state index in [1.54, 1.807) is 41.5 Å². The molecule has 0 aromatic heterocycles. The van der Waals surface area contributed by atoms with Crippen molar-refractivity contribution in [2.45, 2.75) is 65.1 Å². The predicted octanol–water partition coefficient (Wildman–Crippen LogP) is 1.27. The van der Waals surface area contributed by atoms with Crippen molar-refractivity contribution in [3.05, 3.63) is 0 Å². The highest BCUT2D eigenvalue weighted by Gasteiger charge is 2.27. The lowest BCUT2D eigenvalue weighted by atomic mass is 10.1. The molecule has 3 N–H and O–H groups in total. The molecule has 0 aromatic rings. The van der Waals surface area contributed by atoms with Gasteiger partial charge in [0, 0.05) is 5.54 Å². The van der Waals surface area contributed by atoms with Crippen LogP contribution in [0, 0.1) is 0 Å². The van der Waals surface area contributed by atoms with Crippen molar-refractivity contribution in [1.82, 2.24) is 10.6 Å². The van der Waals surface area contributed by atoms with Crippen LogP contribution in [0.4, 0.5) is 4.79 Å². The summed E-state index contributed by atoms with van der Waals surface area (Å²) in [5.41, 5.74) is -1.20. The second-order valence-corrected chi connectivity index (χ2v) is 6.54. The average Bonchev–Trinajstić information content (AvgIpc) is 2.09. The number of carbonyl (C=O) groups excluding carboxylic acids is 2. The maximum Gasteiger partial charge on any atom is 0.408 e. The van der Waals surface area contributed by atoms with Crippen molar-refractivity contribution in [2.24, 2.45) is 0 Å². The first kappa shape index (κ1) is 18.2. The third-order valence-corrected chi connectivity index (χ3v) is 1.89. The number of nitrogens with one attached hydrogen (secondary N) is 2. The zero-order valence-corrected chi connectivity index (χ0v) is 12.9. The summed E-state index contributed by atoms with van der Waals surface area (Å²) in [4.78, 5) is 34.2. The molecular weight excluding hydrogens is 264 g/mol. The minimum absolute atomic E-state index is 0.355. The van der Waals surface area contributed by atoms with Crippen molar-refractivity contribution in [3.8, 4) is 0 Å². The first-order chi connectivity index (χ1) is 8.80. The molecule has 0 radical (unpaired) electrons. The Kier molecular flexibility index (Phi) is 5.99. The maximum atomic E-state index is 11.7. The molecule has 7 heteroatoms. The lowest BCUT2D eigenvalue weighted by Gasteiger charge is -2.24. The van der Waals surface area contributed by atoms with Gasteiger partial charge in [-0.05, 0) is 41.5 Å². The highest BCUT2D eigenvalue weighted by atomic mass is 16.6. The van der Waals surface area contributed by atoms with Crippen LogP contribution < -0.4 is 10.6 Å². The van der Waals surface area contributed by atoms with E-state index in [1.165, 1.54) is 0 Å². The summed E-state index contributed by atoms with van der Waals surface area (Å²) in [6.07, 6.45) is -1.22. The zero-order valence-electron chi connectivity index (χ0n) is 12.9. The fourth-order valence-corrected chi connectivity index (χ4v) is 1.30. The summed E-state index contributed by atoms with van der Waals surface area (Å²) in [5.74, 6) is -1.75. The van der Waals surface area contributed by atoms with Crippen LogP contribution in [0.1, 0.15) is 48.0 Å². The SMILES string of the molecule is CC(C)(C)NC(=O)C[C@H](NC(=O)OC(C)(C)C)C(=O)O. The highest BCUT2D eigenvalue weighted by molar-refractivity contribution is 5.87. The van der Waals surface area contributed by atoms with Gasteiger partial charge in [0.2, 0.25) is 5.91 Å². The Labute approximate surface area is 119 Å². The Morgan fingerprint density at radius 2 is 1.60 bits per heavy atom. The van der Waals surface area contributed by atoms with E-state index in [0.717, 1.165) is 0 Å². The predicted molar refractivity (Wildman–Crippen MR) is 73.3 cm³/mol. The van der Waals surface area contributed by atoms with Gasteiger partial charge in [0.1, 0.15) is 11.6 Å². The second-order valence-electron chi connectivity index (χ2n) is 6.54. The van der Waals surface area contributed by atoms with Crippen molar-refractivity contribution in [3.63, 3.8) is 0 Å². The van der Waals surface area contributed by atoms with Gasteiger partial charge in [0.15, 0.2) is 0 Å². The molecule has 1 atom stereocenters. The number of carbonyl (C=O) groups is 3. The number of ether oxygens (including phenoxy) is 1. The van der Waals surface area contributed by atoms with Crippen LogP contribution in [-0.2, 0) is 14.3 Å². The van der Waals surface area contributed by atoms with Gasteiger partial charge in [0.05, 0.1) is 6.42 Å². The van der Waals surface area contributed by atoms with Crippen LogP contribution in [0.3, 0.4) is 0 Å². The highest BCUT2D eigenvalue weighted by Crippen LogP contribution is 2.07. The third-order valence-electron chi connectivity index (χ3n) is 1.89. The summed E-state index contributed by atoms with van der Waals surface area (Å²) in [6.45, 7) is 10.3. The van der Waals surface area contributed by atoms with Gasteiger partial charge >= 0.3 is 12.1 Å². The summed E-state index contributed by atoms with van der Waals surface area (Å²) < 4.78 is 4.96. The van der Waals surface area contributed by atoms with Gasteiger partial charge in [-0.3, -0.25) is 4.79 Å². The Balaban J connectivity index is 4.56. The van der Waals surface area contributed by atoms with Crippen molar-refractivity contribution in [1.29, 1.82) is 0 Å². The van der Waals surface area contributed by atoms with E-state index < -0.39 is 35.2 Å². The number of amides is 2. The second kappa shape index (κ2) is 6.58. The molecule has 2 amide bonds. The molecular formula is C13H24N2O5. The lowest BCUT2D eigenvalue weighted by Crippen LogP contribution is -2.48. The molecule has 0 aliphatic rings. The summed E-state index contributed by atoms with van der Waals surface area (Å²) in [7, 11) is 0. The smallest absolute Gasteiger partial charge is 0.408 e. The molecule has 0 spiro atoms. The van der Waals surface area contributed by atoms with Crippen LogP contribution >= 0.6 is 0 Å². The van der Waals surface area contributed by atoms with E-state index in [0.29, 0.717) is 0 Å². The number of hydrogen-bond donors (Lipinski definition) is 3. The lowest BCUT2D eigenvalue weighted by molar-refractivity contribution is -0.141. The molecule has 0 aliphatic carbocycles. The quantitative estimate of drug-likeness (QED) is 0.722. The van der Waals surface area contributed by atoms with Crippen molar-refractivity contribution >= 4 is 18.0 Å². The Hall–Kier alpha value is -1.79. The van der Waals surface area contributed by atoms with Crippen LogP contribution in [-0.4, -0.2) is 40.3 Å². The minimum Gasteiger partial charge on any atom is -0.480 e.